The summed E-state index contributed by atoms with van der Waals surface area (Å²) in [5, 5.41) is 6.52. The van der Waals surface area contributed by atoms with Gasteiger partial charge in [-0.3, -0.25) is 9.48 Å². The molecule has 26 heavy (non-hydrogen) atoms. The number of carbonyl (C=O) groups excluding carboxylic acids is 2. The molecule has 1 N–H and O–H groups in total. The Hall–Kier alpha value is -3.17. The number of esters is 1. The van der Waals surface area contributed by atoms with Gasteiger partial charge in [-0.05, 0) is 26.0 Å². The Morgan fingerprint density at radius 2 is 1.96 bits per heavy atom. The van der Waals surface area contributed by atoms with Crippen LogP contribution in [0.1, 0.15) is 21.7 Å². The van der Waals surface area contributed by atoms with E-state index in [9.17, 15) is 18.4 Å². The third kappa shape index (κ3) is 3.44. The van der Waals surface area contributed by atoms with Crippen molar-refractivity contribution in [3.05, 3.63) is 35.2 Å². The van der Waals surface area contributed by atoms with E-state index in [1.807, 2.05) is 0 Å². The maximum absolute atomic E-state index is 13.0. The largest absolute Gasteiger partial charge is 0.586 e. The third-order valence-electron chi connectivity index (χ3n) is 3.73. The first-order chi connectivity index (χ1) is 12.2. The molecule has 0 unspecified atom stereocenters. The van der Waals surface area contributed by atoms with Crippen LogP contribution < -0.4 is 14.8 Å². The molecule has 138 valence electrons. The molecule has 0 fully saturated rings. The van der Waals surface area contributed by atoms with Crippen LogP contribution in [0.25, 0.3) is 0 Å². The van der Waals surface area contributed by atoms with Crippen molar-refractivity contribution in [3.63, 3.8) is 0 Å². The molecule has 1 amide bonds. The number of amides is 1. The van der Waals surface area contributed by atoms with E-state index in [0.29, 0.717) is 17.0 Å². The van der Waals surface area contributed by atoms with Crippen LogP contribution in [0.4, 0.5) is 14.5 Å². The second kappa shape index (κ2) is 6.28. The van der Waals surface area contributed by atoms with Crippen LogP contribution in [0.3, 0.4) is 0 Å². The number of aromatic nitrogens is 2. The van der Waals surface area contributed by atoms with Crippen LogP contribution in [-0.4, -0.2) is 34.6 Å². The Kier molecular flexibility index (Phi) is 4.26. The van der Waals surface area contributed by atoms with Gasteiger partial charge in [-0.25, -0.2) is 4.79 Å². The van der Waals surface area contributed by atoms with Gasteiger partial charge < -0.3 is 19.5 Å². The van der Waals surface area contributed by atoms with Crippen LogP contribution in [-0.2, 0) is 16.6 Å². The Bertz CT molecular complexity index is 894. The van der Waals surface area contributed by atoms with Crippen LogP contribution in [0.5, 0.6) is 11.5 Å². The van der Waals surface area contributed by atoms with Gasteiger partial charge >= 0.3 is 12.3 Å². The zero-order valence-electron chi connectivity index (χ0n) is 14.1. The van der Waals surface area contributed by atoms with Crippen LogP contribution >= 0.6 is 0 Å². The zero-order valence-corrected chi connectivity index (χ0v) is 14.1. The summed E-state index contributed by atoms with van der Waals surface area (Å²) in [5.41, 5.74) is 1.60. The fourth-order valence-corrected chi connectivity index (χ4v) is 2.50. The molecule has 1 aromatic carbocycles. The monoisotopic (exact) mass is 367 g/mol. The van der Waals surface area contributed by atoms with Gasteiger partial charge in [0, 0.05) is 24.5 Å². The minimum atomic E-state index is -3.74. The number of ether oxygens (including phenoxy) is 3. The minimum absolute atomic E-state index is 0.137. The first-order valence-corrected chi connectivity index (χ1v) is 7.53. The van der Waals surface area contributed by atoms with E-state index in [-0.39, 0.29) is 17.2 Å². The molecule has 0 aliphatic carbocycles. The molecule has 10 heteroatoms. The van der Waals surface area contributed by atoms with E-state index in [4.69, 9.17) is 4.74 Å². The van der Waals surface area contributed by atoms with Crippen molar-refractivity contribution in [3.8, 4) is 11.5 Å². The van der Waals surface area contributed by atoms with Gasteiger partial charge in [0.25, 0.3) is 5.91 Å². The van der Waals surface area contributed by atoms with Crippen molar-refractivity contribution in [2.45, 2.75) is 20.1 Å². The molecule has 8 nitrogen and oxygen atoms in total. The summed E-state index contributed by atoms with van der Waals surface area (Å²) in [5.74, 6) is -1.65. The molecule has 1 aliphatic rings. The molecule has 0 spiro atoms. The number of alkyl halides is 2. The Labute approximate surface area is 146 Å². The lowest BCUT2D eigenvalue weighted by atomic mass is 10.2. The first kappa shape index (κ1) is 17.6. The second-order valence-corrected chi connectivity index (χ2v) is 5.62. The number of hydrogen-bond acceptors (Lipinski definition) is 6. The fraction of sp³-hybridized carbons (Fsp3) is 0.312. The van der Waals surface area contributed by atoms with Crippen molar-refractivity contribution >= 4 is 17.6 Å². The highest BCUT2D eigenvalue weighted by Gasteiger charge is 2.43. The molecule has 3 rings (SSSR count). The number of fused-ring (bicyclic) bond motifs is 1. The fourth-order valence-electron chi connectivity index (χ4n) is 2.50. The highest BCUT2D eigenvalue weighted by atomic mass is 19.3. The predicted octanol–water partition coefficient (Wildman–Crippen LogP) is 2.15. The molecular formula is C16H15F2N3O5. The Balaban J connectivity index is 1.59. The molecule has 1 aromatic heterocycles. The van der Waals surface area contributed by atoms with Crippen LogP contribution in [0.2, 0.25) is 0 Å². The number of rotatable bonds is 4. The zero-order chi connectivity index (χ0) is 19.1. The van der Waals surface area contributed by atoms with Gasteiger partial charge in [0.2, 0.25) is 0 Å². The number of hydrogen-bond donors (Lipinski definition) is 1. The SMILES string of the molecule is Cc1nn(C)c(C)c1C(=O)OCC(=O)Nc1ccc2c(c1)OC(F)(F)O2. The molecule has 1 aliphatic heterocycles. The van der Waals surface area contributed by atoms with E-state index in [0.717, 1.165) is 0 Å². The molecule has 0 saturated carbocycles. The lowest BCUT2D eigenvalue weighted by Crippen LogP contribution is -2.25. The maximum atomic E-state index is 13.0. The summed E-state index contributed by atoms with van der Waals surface area (Å²) < 4.78 is 41.0. The van der Waals surface area contributed by atoms with E-state index >= 15 is 0 Å². The van der Waals surface area contributed by atoms with Crippen molar-refractivity contribution in [2.75, 3.05) is 11.9 Å². The maximum Gasteiger partial charge on any atom is 0.586 e. The van der Waals surface area contributed by atoms with Crippen molar-refractivity contribution in [1.82, 2.24) is 9.78 Å². The molecule has 2 heterocycles. The number of nitrogens with one attached hydrogen (secondary N) is 1. The highest BCUT2D eigenvalue weighted by Crippen LogP contribution is 2.42. The number of aryl methyl sites for hydroxylation is 2. The number of halogens is 2. The normalized spacial score (nSPS) is 14.2. The van der Waals surface area contributed by atoms with Gasteiger partial charge in [0.15, 0.2) is 18.1 Å². The Morgan fingerprint density at radius 1 is 1.27 bits per heavy atom. The van der Waals surface area contributed by atoms with Gasteiger partial charge in [0.05, 0.1) is 5.69 Å². The Morgan fingerprint density at radius 3 is 2.62 bits per heavy atom. The quantitative estimate of drug-likeness (QED) is 0.833. The predicted molar refractivity (Wildman–Crippen MR) is 84.2 cm³/mol. The van der Waals surface area contributed by atoms with E-state index in [1.54, 1.807) is 20.9 Å². The van der Waals surface area contributed by atoms with Gasteiger partial charge in [-0.1, -0.05) is 0 Å². The summed E-state index contributed by atoms with van der Waals surface area (Å²) in [6.07, 6.45) is -3.74. The summed E-state index contributed by atoms with van der Waals surface area (Å²) >= 11 is 0. The summed E-state index contributed by atoms with van der Waals surface area (Å²) in [6, 6.07) is 3.78. The first-order valence-electron chi connectivity index (χ1n) is 7.53. The molecule has 0 radical (unpaired) electrons. The third-order valence-corrected chi connectivity index (χ3v) is 3.73. The average molecular weight is 367 g/mol. The minimum Gasteiger partial charge on any atom is -0.452 e. The van der Waals surface area contributed by atoms with Gasteiger partial charge in [-0.15, -0.1) is 8.78 Å². The molecule has 0 atom stereocenters. The van der Waals surface area contributed by atoms with Crippen LogP contribution in [0, 0.1) is 13.8 Å². The van der Waals surface area contributed by atoms with Crippen molar-refractivity contribution in [2.24, 2.45) is 7.05 Å². The summed E-state index contributed by atoms with van der Waals surface area (Å²) in [6.45, 7) is 2.82. The standard InChI is InChI=1S/C16H15F2N3O5/c1-8-14(9(2)21(3)20-8)15(23)24-7-13(22)19-10-4-5-11-12(6-10)26-16(17,18)25-11/h4-6H,7H2,1-3H3,(H,19,22). The van der Waals surface area contributed by atoms with E-state index in [1.165, 1.54) is 22.9 Å². The lowest BCUT2D eigenvalue weighted by molar-refractivity contribution is -0.286. The molecule has 0 bridgehead atoms. The number of benzene rings is 1. The second-order valence-electron chi connectivity index (χ2n) is 5.62. The number of carbonyl (C=O) groups is 2. The molecule has 2 aromatic rings. The number of nitrogens with zero attached hydrogens (tertiary/aromatic N) is 2. The topological polar surface area (TPSA) is 91.7 Å². The van der Waals surface area contributed by atoms with Crippen molar-refractivity contribution in [1.29, 1.82) is 0 Å². The summed E-state index contributed by atoms with van der Waals surface area (Å²) in [7, 11) is 1.69. The lowest BCUT2D eigenvalue weighted by Gasteiger charge is -2.07. The van der Waals surface area contributed by atoms with Crippen molar-refractivity contribution < 1.29 is 32.6 Å². The summed E-state index contributed by atoms with van der Waals surface area (Å²) in [4.78, 5) is 24.0. The van der Waals surface area contributed by atoms with E-state index < -0.39 is 24.8 Å². The number of anilines is 1. The smallest absolute Gasteiger partial charge is 0.452 e. The van der Waals surface area contributed by atoms with Crippen LogP contribution in [0.15, 0.2) is 18.2 Å². The van der Waals surface area contributed by atoms with E-state index in [2.05, 4.69) is 19.9 Å². The molecular weight excluding hydrogens is 352 g/mol. The highest BCUT2D eigenvalue weighted by molar-refractivity contribution is 5.96. The van der Waals surface area contributed by atoms with Gasteiger partial charge in [0.1, 0.15) is 5.56 Å². The molecule has 0 saturated heterocycles. The van der Waals surface area contributed by atoms with Gasteiger partial charge in [-0.2, -0.15) is 5.10 Å². The average Bonchev–Trinajstić information content (AvgIpc) is 2.98.